The molecule has 0 atom stereocenters. The maximum absolute atomic E-state index is 4.64. The Kier molecular flexibility index (Phi) is 6.99. The van der Waals surface area contributed by atoms with Crippen molar-refractivity contribution in [1.29, 1.82) is 0 Å². The molecule has 0 unspecified atom stereocenters. The first-order valence-electron chi connectivity index (χ1n) is 6.95. The highest BCUT2D eigenvalue weighted by atomic mass is 32.2. The summed E-state index contributed by atoms with van der Waals surface area (Å²) in [6.45, 7) is 10.4. The summed E-state index contributed by atoms with van der Waals surface area (Å²) in [5.74, 6) is 4.25. The van der Waals surface area contributed by atoms with Crippen LogP contribution in [0.1, 0.15) is 44.5 Å². The Morgan fingerprint density at radius 1 is 1.11 bits per heavy atom. The first-order valence-corrected chi connectivity index (χ1v) is 8.34. The van der Waals surface area contributed by atoms with E-state index in [1.807, 2.05) is 11.8 Å². The van der Waals surface area contributed by atoms with Crippen LogP contribution in [0.3, 0.4) is 0 Å². The van der Waals surface area contributed by atoms with Crippen LogP contribution in [0.4, 0.5) is 11.6 Å². The monoisotopic (exact) mass is 282 g/mol. The molecular formula is C14H26N4S. The van der Waals surface area contributed by atoms with Crippen LogP contribution in [-0.2, 0) is 0 Å². The van der Waals surface area contributed by atoms with Crippen LogP contribution in [0.15, 0.2) is 0 Å². The molecule has 0 bridgehead atoms. The molecule has 0 aliphatic carbocycles. The van der Waals surface area contributed by atoms with Crippen molar-refractivity contribution in [2.24, 2.45) is 0 Å². The molecule has 1 aromatic rings. The lowest BCUT2D eigenvalue weighted by molar-refractivity contribution is 0.771. The van der Waals surface area contributed by atoms with Gasteiger partial charge in [0.1, 0.15) is 17.5 Å². The fourth-order valence-electron chi connectivity index (χ4n) is 1.65. The Morgan fingerprint density at radius 2 is 1.68 bits per heavy atom. The summed E-state index contributed by atoms with van der Waals surface area (Å²) in [4.78, 5) is 9.27. The van der Waals surface area contributed by atoms with E-state index in [1.54, 1.807) is 0 Å². The van der Waals surface area contributed by atoms with Crippen LogP contribution < -0.4 is 10.6 Å². The van der Waals surface area contributed by atoms with E-state index < -0.39 is 0 Å². The van der Waals surface area contributed by atoms with Crippen molar-refractivity contribution in [3.05, 3.63) is 11.4 Å². The zero-order valence-electron chi connectivity index (χ0n) is 12.7. The lowest BCUT2D eigenvalue weighted by Gasteiger charge is -2.16. The maximum atomic E-state index is 4.64. The van der Waals surface area contributed by atoms with Crippen LogP contribution in [0.5, 0.6) is 0 Å². The first kappa shape index (κ1) is 16.1. The Balaban J connectivity index is 2.95. The lowest BCUT2D eigenvalue weighted by atomic mass is 10.2. The number of hydrogen-bond donors (Lipinski definition) is 2. The highest BCUT2D eigenvalue weighted by Gasteiger charge is 2.12. The van der Waals surface area contributed by atoms with Gasteiger partial charge in [0.25, 0.3) is 0 Å². The third kappa shape index (κ3) is 4.90. The largest absolute Gasteiger partial charge is 0.370 e. The fraction of sp³-hybridized carbons (Fsp3) is 0.714. The predicted molar refractivity (Wildman–Crippen MR) is 86.5 cm³/mol. The van der Waals surface area contributed by atoms with Gasteiger partial charge in [-0.25, -0.2) is 9.97 Å². The SMILES string of the molecule is CCCNc1nc(C(C)C)nc(NCCSC)c1C. The molecule has 0 amide bonds. The molecule has 0 fully saturated rings. The molecule has 0 saturated heterocycles. The van der Waals surface area contributed by atoms with Crippen molar-refractivity contribution in [2.75, 3.05) is 35.7 Å². The third-order valence-corrected chi connectivity index (χ3v) is 3.43. The minimum absolute atomic E-state index is 0.337. The number of anilines is 2. The van der Waals surface area contributed by atoms with E-state index in [0.717, 1.165) is 48.3 Å². The molecule has 1 rings (SSSR count). The quantitative estimate of drug-likeness (QED) is 0.715. The van der Waals surface area contributed by atoms with Crippen molar-refractivity contribution >= 4 is 23.4 Å². The number of rotatable bonds is 8. The second-order valence-corrected chi connectivity index (χ2v) is 5.89. The molecular weight excluding hydrogens is 256 g/mol. The molecule has 2 N–H and O–H groups in total. The van der Waals surface area contributed by atoms with Crippen molar-refractivity contribution in [2.45, 2.75) is 40.0 Å². The van der Waals surface area contributed by atoms with Crippen molar-refractivity contribution in [3.8, 4) is 0 Å². The van der Waals surface area contributed by atoms with E-state index in [9.17, 15) is 0 Å². The minimum atomic E-state index is 0.337. The van der Waals surface area contributed by atoms with Crippen molar-refractivity contribution in [1.82, 2.24) is 9.97 Å². The highest BCUT2D eigenvalue weighted by molar-refractivity contribution is 7.98. The smallest absolute Gasteiger partial charge is 0.135 e. The van der Waals surface area contributed by atoms with Gasteiger partial charge in [-0.15, -0.1) is 0 Å². The molecule has 19 heavy (non-hydrogen) atoms. The summed E-state index contributed by atoms with van der Waals surface area (Å²) in [7, 11) is 0. The van der Waals surface area contributed by atoms with E-state index in [4.69, 9.17) is 0 Å². The van der Waals surface area contributed by atoms with E-state index in [-0.39, 0.29) is 0 Å². The van der Waals surface area contributed by atoms with Gasteiger partial charge in [-0.2, -0.15) is 11.8 Å². The minimum Gasteiger partial charge on any atom is -0.370 e. The van der Waals surface area contributed by atoms with E-state index in [1.165, 1.54) is 0 Å². The Hall–Kier alpha value is -0.970. The normalized spacial score (nSPS) is 10.8. The molecule has 4 nitrogen and oxygen atoms in total. The standard InChI is InChI=1S/C14H26N4S/c1-6-7-15-13-11(4)14(16-8-9-19-5)18-12(17-13)10(2)3/h10H,6-9H2,1-5H3,(H2,15,16,17,18). The topological polar surface area (TPSA) is 49.8 Å². The number of thioether (sulfide) groups is 1. The number of nitrogens with zero attached hydrogens (tertiary/aromatic N) is 2. The predicted octanol–water partition coefficient (Wildman–Crippen LogP) is 3.51. The van der Waals surface area contributed by atoms with E-state index in [0.29, 0.717) is 5.92 Å². The molecule has 5 heteroatoms. The van der Waals surface area contributed by atoms with Gasteiger partial charge < -0.3 is 10.6 Å². The zero-order valence-corrected chi connectivity index (χ0v) is 13.5. The molecule has 108 valence electrons. The Bertz CT molecular complexity index is 393. The van der Waals surface area contributed by atoms with Crippen LogP contribution in [0.2, 0.25) is 0 Å². The van der Waals surface area contributed by atoms with Gasteiger partial charge >= 0.3 is 0 Å². The summed E-state index contributed by atoms with van der Waals surface area (Å²) in [5.41, 5.74) is 1.11. The number of hydrogen-bond acceptors (Lipinski definition) is 5. The van der Waals surface area contributed by atoms with Gasteiger partial charge in [0, 0.05) is 30.3 Å². The first-order chi connectivity index (χ1) is 9.10. The second kappa shape index (κ2) is 8.25. The van der Waals surface area contributed by atoms with Crippen LogP contribution in [0, 0.1) is 6.92 Å². The lowest BCUT2D eigenvalue weighted by Crippen LogP contribution is -2.14. The molecule has 0 saturated carbocycles. The van der Waals surface area contributed by atoms with Gasteiger partial charge in [0.05, 0.1) is 0 Å². The zero-order chi connectivity index (χ0) is 14.3. The molecule has 0 radical (unpaired) electrons. The Labute approximate surface area is 121 Å². The third-order valence-electron chi connectivity index (χ3n) is 2.82. The highest BCUT2D eigenvalue weighted by Crippen LogP contribution is 2.23. The molecule has 0 aliphatic rings. The van der Waals surface area contributed by atoms with Crippen LogP contribution in [-0.4, -0.2) is 35.1 Å². The summed E-state index contributed by atoms with van der Waals surface area (Å²) in [6, 6.07) is 0. The van der Waals surface area contributed by atoms with Gasteiger partial charge in [-0.3, -0.25) is 0 Å². The summed E-state index contributed by atoms with van der Waals surface area (Å²) >= 11 is 1.83. The van der Waals surface area contributed by atoms with E-state index >= 15 is 0 Å². The second-order valence-electron chi connectivity index (χ2n) is 4.91. The number of aromatic nitrogens is 2. The molecule has 1 aromatic heterocycles. The van der Waals surface area contributed by atoms with Crippen LogP contribution in [0.25, 0.3) is 0 Å². The van der Waals surface area contributed by atoms with Gasteiger partial charge in [0.2, 0.25) is 0 Å². The summed E-state index contributed by atoms with van der Waals surface area (Å²) in [5, 5.41) is 6.81. The van der Waals surface area contributed by atoms with Gasteiger partial charge in [-0.1, -0.05) is 20.8 Å². The molecule has 1 heterocycles. The van der Waals surface area contributed by atoms with Crippen LogP contribution >= 0.6 is 11.8 Å². The van der Waals surface area contributed by atoms with Crippen molar-refractivity contribution < 1.29 is 0 Å². The van der Waals surface area contributed by atoms with Gasteiger partial charge in [0.15, 0.2) is 0 Å². The summed E-state index contributed by atoms with van der Waals surface area (Å²) in [6.07, 6.45) is 3.21. The molecule has 0 aromatic carbocycles. The maximum Gasteiger partial charge on any atom is 0.135 e. The fourth-order valence-corrected chi connectivity index (χ4v) is 1.96. The van der Waals surface area contributed by atoms with E-state index in [2.05, 4.69) is 54.6 Å². The average Bonchev–Trinajstić information content (AvgIpc) is 2.39. The average molecular weight is 282 g/mol. The van der Waals surface area contributed by atoms with Gasteiger partial charge in [-0.05, 0) is 19.6 Å². The Morgan fingerprint density at radius 3 is 2.16 bits per heavy atom. The number of nitrogens with one attached hydrogen (secondary N) is 2. The summed E-state index contributed by atoms with van der Waals surface area (Å²) < 4.78 is 0. The van der Waals surface area contributed by atoms with Crippen molar-refractivity contribution in [3.63, 3.8) is 0 Å². The molecule has 0 aliphatic heterocycles. The molecule has 0 spiro atoms.